The second-order valence-electron chi connectivity index (χ2n) is 4.15. The molecule has 1 aliphatic carbocycles. The lowest BCUT2D eigenvalue weighted by atomic mass is 10.0. The molecule has 3 rings (SSSR count). The van der Waals surface area contributed by atoms with Crippen molar-refractivity contribution in [2.75, 3.05) is 13.6 Å². The van der Waals surface area contributed by atoms with Crippen LogP contribution in [0.25, 0.3) is 11.3 Å². The maximum atomic E-state index is 4.52. The molecule has 1 aromatic heterocycles. The summed E-state index contributed by atoms with van der Waals surface area (Å²) in [4.78, 5) is 6.78. The molecule has 0 saturated carbocycles. The van der Waals surface area contributed by atoms with Crippen molar-refractivity contribution in [2.24, 2.45) is 0 Å². The van der Waals surface area contributed by atoms with Gasteiger partial charge in [0, 0.05) is 30.9 Å². The van der Waals surface area contributed by atoms with Gasteiger partial charge in [0.25, 0.3) is 0 Å². The van der Waals surface area contributed by atoms with Crippen LogP contribution in [0.2, 0.25) is 0 Å². The van der Waals surface area contributed by atoms with Crippen LogP contribution in [0, 0.1) is 0 Å². The molecule has 0 unspecified atom stereocenters. The third-order valence-corrected chi connectivity index (χ3v) is 3.20. The smallest absolute Gasteiger partial charge is 0.0947 e. The van der Waals surface area contributed by atoms with Gasteiger partial charge in [0.2, 0.25) is 0 Å². The molecular formula is C15H18N2. The Bertz CT molecular complexity index is 536. The molecule has 0 N–H and O–H groups in total. The normalized spacial score (nSPS) is 19.2. The van der Waals surface area contributed by atoms with Gasteiger partial charge in [0.15, 0.2) is 0 Å². The minimum atomic E-state index is 0. The van der Waals surface area contributed by atoms with Crippen LogP contribution >= 0.6 is 0 Å². The molecule has 2 aliphatic rings. The molecule has 2 nitrogen and oxygen atoms in total. The van der Waals surface area contributed by atoms with E-state index in [2.05, 4.69) is 48.1 Å². The molecular weight excluding hydrogens is 208 g/mol. The van der Waals surface area contributed by atoms with Crippen LogP contribution in [0.15, 0.2) is 42.1 Å². The molecule has 0 radical (unpaired) electrons. The molecule has 0 saturated heterocycles. The summed E-state index contributed by atoms with van der Waals surface area (Å²) >= 11 is 0. The molecule has 2 heteroatoms. The summed E-state index contributed by atoms with van der Waals surface area (Å²) in [6, 6.07) is 4.15. The van der Waals surface area contributed by atoms with Gasteiger partial charge < -0.3 is 4.90 Å². The highest BCUT2D eigenvalue weighted by Gasteiger charge is 2.28. The van der Waals surface area contributed by atoms with Gasteiger partial charge in [-0.1, -0.05) is 31.7 Å². The van der Waals surface area contributed by atoms with Gasteiger partial charge in [-0.2, -0.15) is 0 Å². The van der Waals surface area contributed by atoms with E-state index in [4.69, 9.17) is 0 Å². The van der Waals surface area contributed by atoms with E-state index in [9.17, 15) is 0 Å². The van der Waals surface area contributed by atoms with Gasteiger partial charge >= 0.3 is 0 Å². The van der Waals surface area contributed by atoms with Crippen LogP contribution in [0.5, 0.6) is 0 Å². The zero-order valence-corrected chi connectivity index (χ0v) is 9.57. The topological polar surface area (TPSA) is 16.1 Å². The van der Waals surface area contributed by atoms with Crippen LogP contribution in [-0.4, -0.2) is 23.5 Å². The molecule has 0 amide bonds. The summed E-state index contributed by atoms with van der Waals surface area (Å²) in [6.07, 6.45) is 8.46. The van der Waals surface area contributed by atoms with Gasteiger partial charge in [0.05, 0.1) is 11.4 Å². The first kappa shape index (κ1) is 11.6. The zero-order chi connectivity index (χ0) is 11.1. The first-order chi connectivity index (χ1) is 7.83. The summed E-state index contributed by atoms with van der Waals surface area (Å²) in [5.74, 6) is 0. The third kappa shape index (κ3) is 1.52. The number of rotatable bonds is 0. The lowest BCUT2D eigenvalue weighted by Gasteiger charge is -2.23. The Morgan fingerprint density at radius 2 is 2.24 bits per heavy atom. The van der Waals surface area contributed by atoms with Crippen molar-refractivity contribution >= 4 is 11.3 Å². The van der Waals surface area contributed by atoms with E-state index in [-0.39, 0.29) is 7.43 Å². The molecule has 1 aromatic rings. The number of hydrogen-bond donors (Lipinski definition) is 0. The minimum Gasteiger partial charge on any atom is -0.369 e. The van der Waals surface area contributed by atoms with Gasteiger partial charge in [-0.15, -0.1) is 0 Å². The summed E-state index contributed by atoms with van der Waals surface area (Å²) < 4.78 is 0. The fourth-order valence-electron chi connectivity index (χ4n) is 2.50. The fraction of sp³-hybridized carbons (Fsp3) is 0.267. The zero-order valence-electron chi connectivity index (χ0n) is 9.57. The lowest BCUT2D eigenvalue weighted by Crippen LogP contribution is -2.19. The van der Waals surface area contributed by atoms with Gasteiger partial charge in [-0.05, 0) is 18.6 Å². The average Bonchev–Trinajstić information content (AvgIpc) is 2.64. The van der Waals surface area contributed by atoms with Crippen molar-refractivity contribution in [3.63, 3.8) is 0 Å². The Hall–Kier alpha value is -1.83. The number of likely N-dealkylation sites (N-methyl/N-ethyl adjacent to an activating group) is 1. The number of aromatic nitrogens is 1. The highest BCUT2D eigenvalue weighted by Crippen LogP contribution is 2.42. The van der Waals surface area contributed by atoms with Crippen molar-refractivity contribution < 1.29 is 0 Å². The molecule has 0 spiro atoms. The summed E-state index contributed by atoms with van der Waals surface area (Å²) in [5, 5.41) is 0. The number of allylic oxidation sites excluding steroid dienone is 4. The summed E-state index contributed by atoms with van der Waals surface area (Å²) in [7, 11) is 2.12. The standard InChI is InChI=1S/C14H14N2.CH4/c1-3-10-11-6-4-8-15-13(11)14-12(10)7-5-9-16(14)2;/h3-8H,9H2,1-2H3;1H4/b10-3-;. The Kier molecular flexibility index (Phi) is 2.88. The SMILES string of the molecule is C.C/C=C1\C2=C(c3ncccc31)N(C)CC=C2. The second-order valence-corrected chi connectivity index (χ2v) is 4.15. The fourth-order valence-corrected chi connectivity index (χ4v) is 2.50. The van der Waals surface area contributed by atoms with Crippen LogP contribution in [0.3, 0.4) is 0 Å². The molecule has 0 fully saturated rings. The molecule has 1 aliphatic heterocycles. The summed E-state index contributed by atoms with van der Waals surface area (Å²) in [5.41, 5.74) is 6.27. The molecule has 0 atom stereocenters. The Labute approximate surface area is 103 Å². The number of nitrogens with zero attached hydrogens (tertiary/aromatic N) is 2. The van der Waals surface area contributed by atoms with Crippen molar-refractivity contribution in [3.8, 4) is 0 Å². The first-order valence-electron chi connectivity index (χ1n) is 5.57. The van der Waals surface area contributed by atoms with E-state index < -0.39 is 0 Å². The highest BCUT2D eigenvalue weighted by molar-refractivity contribution is 6.00. The predicted octanol–water partition coefficient (Wildman–Crippen LogP) is 3.35. The molecule has 0 aromatic carbocycles. The minimum absolute atomic E-state index is 0. The van der Waals surface area contributed by atoms with Crippen molar-refractivity contribution in [1.82, 2.24) is 9.88 Å². The molecule has 17 heavy (non-hydrogen) atoms. The largest absolute Gasteiger partial charge is 0.369 e. The van der Waals surface area contributed by atoms with Crippen molar-refractivity contribution in [3.05, 3.63) is 53.4 Å². The number of pyridine rings is 1. The van der Waals surface area contributed by atoms with Crippen LogP contribution in [0.4, 0.5) is 0 Å². The second kappa shape index (κ2) is 4.21. The average molecular weight is 226 g/mol. The number of fused-ring (bicyclic) bond motifs is 2. The maximum Gasteiger partial charge on any atom is 0.0947 e. The third-order valence-electron chi connectivity index (χ3n) is 3.20. The molecule has 2 heterocycles. The highest BCUT2D eigenvalue weighted by atomic mass is 15.1. The maximum absolute atomic E-state index is 4.52. The lowest BCUT2D eigenvalue weighted by molar-refractivity contribution is 0.528. The Morgan fingerprint density at radius 1 is 1.41 bits per heavy atom. The number of hydrogen-bond acceptors (Lipinski definition) is 2. The van der Waals surface area contributed by atoms with E-state index >= 15 is 0 Å². The van der Waals surface area contributed by atoms with E-state index in [0.29, 0.717) is 0 Å². The molecule has 88 valence electrons. The Morgan fingerprint density at radius 3 is 3.00 bits per heavy atom. The first-order valence-corrected chi connectivity index (χ1v) is 5.57. The van der Waals surface area contributed by atoms with E-state index in [1.54, 1.807) is 0 Å². The van der Waals surface area contributed by atoms with E-state index in [1.165, 1.54) is 22.4 Å². The quantitative estimate of drug-likeness (QED) is 0.674. The van der Waals surface area contributed by atoms with Gasteiger partial charge in [-0.3, -0.25) is 4.98 Å². The monoisotopic (exact) mass is 226 g/mol. The van der Waals surface area contributed by atoms with Crippen molar-refractivity contribution in [1.29, 1.82) is 0 Å². The van der Waals surface area contributed by atoms with Gasteiger partial charge in [-0.25, -0.2) is 0 Å². The predicted molar refractivity (Wildman–Crippen MR) is 73.3 cm³/mol. The summed E-state index contributed by atoms with van der Waals surface area (Å²) in [6.45, 7) is 3.05. The van der Waals surface area contributed by atoms with Crippen molar-refractivity contribution in [2.45, 2.75) is 14.4 Å². The van der Waals surface area contributed by atoms with Crippen LogP contribution < -0.4 is 0 Å². The van der Waals surface area contributed by atoms with Crippen LogP contribution in [0.1, 0.15) is 25.6 Å². The van der Waals surface area contributed by atoms with E-state index in [0.717, 1.165) is 12.2 Å². The van der Waals surface area contributed by atoms with Crippen LogP contribution in [-0.2, 0) is 0 Å². The van der Waals surface area contributed by atoms with E-state index in [1.807, 2.05) is 12.3 Å². The Balaban J connectivity index is 0.00000108. The van der Waals surface area contributed by atoms with Gasteiger partial charge in [0.1, 0.15) is 0 Å². The molecule has 0 bridgehead atoms.